The van der Waals surface area contributed by atoms with Crippen LogP contribution in [0.1, 0.15) is 0 Å². The minimum atomic E-state index is 0.0194. The maximum absolute atomic E-state index is 9.44. The van der Waals surface area contributed by atoms with Gasteiger partial charge in [-0.15, -0.1) is 0 Å². The van der Waals surface area contributed by atoms with Gasteiger partial charge in [0, 0.05) is 11.6 Å². The summed E-state index contributed by atoms with van der Waals surface area (Å²) < 4.78 is 0. The second-order valence-corrected chi connectivity index (χ2v) is 2.99. The number of pyridine rings is 1. The average Bonchev–Trinajstić information content (AvgIpc) is 2.12. The number of hydrogen-bond donors (Lipinski definition) is 2. The maximum Gasteiger partial charge on any atom is 0.140 e. The van der Waals surface area contributed by atoms with Gasteiger partial charge in [-0.05, 0) is 18.2 Å². The first-order valence-corrected chi connectivity index (χ1v) is 4.03. The summed E-state index contributed by atoms with van der Waals surface area (Å²) >= 11 is 5.75. The number of aromatic nitrogens is 1. The van der Waals surface area contributed by atoms with Crippen LogP contribution in [0.4, 0.5) is 0 Å². The van der Waals surface area contributed by atoms with Crippen LogP contribution in [0.5, 0.6) is 11.5 Å². The van der Waals surface area contributed by atoms with E-state index in [4.69, 9.17) is 11.6 Å². The van der Waals surface area contributed by atoms with E-state index in [0.717, 1.165) is 0 Å². The lowest BCUT2D eigenvalue weighted by Gasteiger charge is -2.03. The Bertz CT molecular complexity index is 462. The molecule has 2 rings (SSSR count). The van der Waals surface area contributed by atoms with E-state index in [1.165, 1.54) is 18.3 Å². The molecule has 0 radical (unpaired) electrons. The normalized spacial score (nSPS) is 10.5. The number of phenolic OH excluding ortho intramolecular Hbond substituents is 2. The van der Waals surface area contributed by atoms with Crippen molar-refractivity contribution in [3.05, 3.63) is 29.5 Å². The van der Waals surface area contributed by atoms with E-state index in [9.17, 15) is 10.2 Å². The molecule has 1 heterocycles. The molecule has 13 heavy (non-hydrogen) atoms. The SMILES string of the molecule is Oc1ccc(O)c2c(Cl)nccc12. The summed E-state index contributed by atoms with van der Waals surface area (Å²) in [7, 11) is 0. The summed E-state index contributed by atoms with van der Waals surface area (Å²) in [5.74, 6) is 0.100. The number of fused-ring (bicyclic) bond motifs is 1. The first-order chi connectivity index (χ1) is 6.20. The minimum absolute atomic E-state index is 0.0194. The Morgan fingerprint density at radius 3 is 2.46 bits per heavy atom. The first-order valence-electron chi connectivity index (χ1n) is 3.65. The second-order valence-electron chi connectivity index (χ2n) is 2.63. The van der Waals surface area contributed by atoms with Crippen molar-refractivity contribution >= 4 is 22.4 Å². The van der Waals surface area contributed by atoms with Crippen molar-refractivity contribution < 1.29 is 10.2 Å². The Hall–Kier alpha value is -1.48. The van der Waals surface area contributed by atoms with Gasteiger partial charge in [-0.1, -0.05) is 11.6 Å². The number of halogens is 1. The lowest BCUT2D eigenvalue weighted by Crippen LogP contribution is -1.80. The highest BCUT2D eigenvalue weighted by Gasteiger charge is 2.07. The van der Waals surface area contributed by atoms with Crippen LogP contribution in [0.3, 0.4) is 0 Å². The molecule has 0 bridgehead atoms. The predicted octanol–water partition coefficient (Wildman–Crippen LogP) is 2.30. The van der Waals surface area contributed by atoms with Crippen molar-refractivity contribution in [3.63, 3.8) is 0 Å². The molecule has 2 N–H and O–H groups in total. The number of phenols is 2. The fourth-order valence-electron chi connectivity index (χ4n) is 1.22. The number of rotatable bonds is 0. The van der Waals surface area contributed by atoms with E-state index in [0.29, 0.717) is 10.8 Å². The van der Waals surface area contributed by atoms with Crippen molar-refractivity contribution in [3.8, 4) is 11.5 Å². The zero-order chi connectivity index (χ0) is 9.42. The molecule has 0 amide bonds. The fraction of sp³-hybridized carbons (Fsp3) is 0. The molecule has 0 atom stereocenters. The third kappa shape index (κ3) is 1.17. The molecule has 1 aromatic carbocycles. The van der Waals surface area contributed by atoms with Crippen LogP contribution in [0.25, 0.3) is 10.8 Å². The van der Waals surface area contributed by atoms with Gasteiger partial charge in [0.15, 0.2) is 0 Å². The second kappa shape index (κ2) is 2.78. The largest absolute Gasteiger partial charge is 0.507 e. The topological polar surface area (TPSA) is 53.4 Å². The van der Waals surface area contributed by atoms with Gasteiger partial charge in [-0.2, -0.15) is 0 Å². The van der Waals surface area contributed by atoms with Crippen LogP contribution in [-0.2, 0) is 0 Å². The van der Waals surface area contributed by atoms with Gasteiger partial charge in [0.25, 0.3) is 0 Å². The van der Waals surface area contributed by atoms with Crippen molar-refractivity contribution in [2.75, 3.05) is 0 Å². The maximum atomic E-state index is 9.44. The van der Waals surface area contributed by atoms with E-state index in [1.54, 1.807) is 6.07 Å². The number of aromatic hydroxyl groups is 2. The van der Waals surface area contributed by atoms with Gasteiger partial charge in [0.1, 0.15) is 16.7 Å². The Labute approximate surface area is 79.2 Å². The zero-order valence-corrected chi connectivity index (χ0v) is 7.28. The van der Waals surface area contributed by atoms with Gasteiger partial charge < -0.3 is 10.2 Å². The van der Waals surface area contributed by atoms with Gasteiger partial charge in [0.2, 0.25) is 0 Å². The Morgan fingerprint density at radius 2 is 1.77 bits per heavy atom. The van der Waals surface area contributed by atoms with Crippen molar-refractivity contribution in [1.82, 2.24) is 4.98 Å². The van der Waals surface area contributed by atoms with Crippen LogP contribution >= 0.6 is 11.6 Å². The first kappa shape index (κ1) is 8.13. The lowest BCUT2D eigenvalue weighted by atomic mass is 10.1. The Morgan fingerprint density at radius 1 is 1.08 bits per heavy atom. The molecule has 4 heteroatoms. The van der Waals surface area contributed by atoms with Crippen LogP contribution in [0.2, 0.25) is 5.15 Å². The number of hydrogen-bond acceptors (Lipinski definition) is 3. The van der Waals surface area contributed by atoms with Gasteiger partial charge >= 0.3 is 0 Å². The summed E-state index contributed by atoms with van der Waals surface area (Å²) in [6.45, 7) is 0. The lowest BCUT2D eigenvalue weighted by molar-refractivity contribution is 0.469. The average molecular weight is 196 g/mol. The number of benzene rings is 1. The fourth-order valence-corrected chi connectivity index (χ4v) is 1.48. The van der Waals surface area contributed by atoms with Gasteiger partial charge in [0.05, 0.1) is 5.39 Å². The van der Waals surface area contributed by atoms with E-state index < -0.39 is 0 Å². The van der Waals surface area contributed by atoms with E-state index in [1.807, 2.05) is 0 Å². The summed E-state index contributed by atoms with van der Waals surface area (Å²) in [6, 6.07) is 4.38. The Kier molecular flexibility index (Phi) is 1.74. The quantitative estimate of drug-likeness (QED) is 0.501. The van der Waals surface area contributed by atoms with Crippen molar-refractivity contribution in [2.45, 2.75) is 0 Å². The number of nitrogens with zero attached hydrogens (tertiary/aromatic N) is 1. The minimum Gasteiger partial charge on any atom is -0.507 e. The molecule has 0 aliphatic heterocycles. The zero-order valence-electron chi connectivity index (χ0n) is 6.53. The highest BCUT2D eigenvalue weighted by atomic mass is 35.5. The molecule has 3 nitrogen and oxygen atoms in total. The van der Waals surface area contributed by atoms with Crippen molar-refractivity contribution in [2.24, 2.45) is 0 Å². The van der Waals surface area contributed by atoms with E-state index in [2.05, 4.69) is 4.98 Å². The molecule has 0 aliphatic rings. The molecule has 0 saturated heterocycles. The summed E-state index contributed by atoms with van der Waals surface area (Å²) in [5, 5.41) is 19.9. The molecular formula is C9H6ClNO2. The molecular weight excluding hydrogens is 190 g/mol. The van der Waals surface area contributed by atoms with Crippen LogP contribution < -0.4 is 0 Å². The molecule has 66 valence electrons. The smallest absolute Gasteiger partial charge is 0.140 e. The summed E-state index contributed by atoms with van der Waals surface area (Å²) in [4.78, 5) is 3.80. The third-order valence-corrected chi connectivity index (χ3v) is 2.12. The molecule has 0 saturated carbocycles. The Balaban J connectivity index is 3.00. The summed E-state index contributed by atoms with van der Waals surface area (Å²) in [6.07, 6.45) is 1.48. The molecule has 0 spiro atoms. The van der Waals surface area contributed by atoms with Gasteiger partial charge in [-0.25, -0.2) is 4.98 Å². The monoisotopic (exact) mass is 195 g/mol. The molecule has 2 aromatic rings. The predicted molar refractivity (Wildman–Crippen MR) is 50.1 cm³/mol. The highest BCUT2D eigenvalue weighted by Crippen LogP contribution is 2.34. The highest BCUT2D eigenvalue weighted by molar-refractivity contribution is 6.35. The van der Waals surface area contributed by atoms with Crippen LogP contribution in [-0.4, -0.2) is 15.2 Å². The molecule has 1 aromatic heterocycles. The standard InChI is InChI=1S/C9H6ClNO2/c10-9-8-5(3-4-11-9)6(12)1-2-7(8)13/h1-4,12-13H. The third-order valence-electron chi connectivity index (χ3n) is 1.84. The van der Waals surface area contributed by atoms with Crippen molar-refractivity contribution in [1.29, 1.82) is 0 Å². The van der Waals surface area contributed by atoms with E-state index >= 15 is 0 Å². The van der Waals surface area contributed by atoms with E-state index in [-0.39, 0.29) is 16.7 Å². The van der Waals surface area contributed by atoms with Crippen LogP contribution in [0, 0.1) is 0 Å². The molecule has 0 aliphatic carbocycles. The van der Waals surface area contributed by atoms with Gasteiger partial charge in [-0.3, -0.25) is 0 Å². The molecule has 0 unspecified atom stereocenters. The molecule has 0 fully saturated rings. The van der Waals surface area contributed by atoms with Crippen LogP contribution in [0.15, 0.2) is 24.4 Å². The summed E-state index contributed by atoms with van der Waals surface area (Å²) in [5.41, 5.74) is 0.